The van der Waals surface area contributed by atoms with E-state index in [2.05, 4.69) is 10.3 Å². The molecule has 1 aromatic carbocycles. The van der Waals surface area contributed by atoms with E-state index in [1.807, 2.05) is 20.0 Å². The van der Waals surface area contributed by atoms with Gasteiger partial charge in [0.25, 0.3) is 0 Å². The van der Waals surface area contributed by atoms with Gasteiger partial charge in [-0.3, -0.25) is 11.3 Å². The molecule has 2 atom stereocenters. The van der Waals surface area contributed by atoms with E-state index in [0.717, 1.165) is 18.7 Å². The molecule has 1 aliphatic heterocycles. The van der Waals surface area contributed by atoms with E-state index in [4.69, 9.17) is 10.6 Å². The van der Waals surface area contributed by atoms with Crippen LogP contribution in [0.2, 0.25) is 0 Å². The van der Waals surface area contributed by atoms with Crippen molar-refractivity contribution in [3.8, 4) is 0 Å². The molecule has 0 aromatic heterocycles. The van der Waals surface area contributed by atoms with E-state index in [1.54, 1.807) is 6.07 Å². The van der Waals surface area contributed by atoms with Crippen molar-refractivity contribution in [2.75, 3.05) is 26.7 Å². The van der Waals surface area contributed by atoms with Crippen LogP contribution in [0.25, 0.3) is 0 Å². The molecule has 0 radical (unpaired) electrons. The lowest BCUT2D eigenvalue weighted by molar-refractivity contribution is -0.0398. The predicted molar refractivity (Wildman–Crippen MR) is 68.4 cm³/mol. The quantitative estimate of drug-likeness (QED) is 0.622. The second kappa shape index (κ2) is 5.75. The molecule has 5 heteroatoms. The summed E-state index contributed by atoms with van der Waals surface area (Å²) >= 11 is 0. The van der Waals surface area contributed by atoms with Crippen LogP contribution in [0, 0.1) is 12.7 Å². The van der Waals surface area contributed by atoms with Crippen LogP contribution in [0.3, 0.4) is 0 Å². The Hall–Kier alpha value is -1.01. The summed E-state index contributed by atoms with van der Waals surface area (Å²) < 4.78 is 19.6. The molecule has 0 spiro atoms. The topological polar surface area (TPSA) is 50.5 Å². The minimum atomic E-state index is -0.326. The average molecular weight is 253 g/mol. The number of nitrogens with one attached hydrogen (secondary N) is 1. The molecule has 1 fully saturated rings. The highest BCUT2D eigenvalue weighted by molar-refractivity contribution is 5.27. The van der Waals surface area contributed by atoms with Gasteiger partial charge >= 0.3 is 0 Å². The summed E-state index contributed by atoms with van der Waals surface area (Å²) in [7, 11) is 2.02. The number of aryl methyl sites for hydroxylation is 1. The minimum absolute atomic E-state index is 0.134. The number of hydrogen-bond acceptors (Lipinski definition) is 4. The van der Waals surface area contributed by atoms with Gasteiger partial charge in [0.15, 0.2) is 0 Å². The van der Waals surface area contributed by atoms with Crippen molar-refractivity contribution < 1.29 is 9.13 Å². The predicted octanol–water partition coefficient (Wildman–Crippen LogP) is 0.969. The highest BCUT2D eigenvalue weighted by Crippen LogP contribution is 2.24. The number of nitrogens with zero attached hydrogens (tertiary/aromatic N) is 1. The lowest BCUT2D eigenvalue weighted by Crippen LogP contribution is -2.48. The van der Waals surface area contributed by atoms with Gasteiger partial charge in [0.1, 0.15) is 5.82 Å². The molecule has 1 aliphatic rings. The lowest BCUT2D eigenvalue weighted by atomic mass is 9.98. The first-order valence-electron chi connectivity index (χ1n) is 6.14. The Labute approximate surface area is 107 Å². The standard InChI is InChI=1S/C13H20FN3O/c1-9-3-4-11(14)10(7-9)13(16-15)12-8-17(2)5-6-18-12/h3-4,7,12-13,16H,5-6,8,15H2,1-2H3. The smallest absolute Gasteiger partial charge is 0.128 e. The minimum Gasteiger partial charge on any atom is -0.374 e. The molecule has 100 valence electrons. The molecule has 2 unspecified atom stereocenters. The highest BCUT2D eigenvalue weighted by atomic mass is 19.1. The summed E-state index contributed by atoms with van der Waals surface area (Å²) in [6.45, 7) is 4.21. The Morgan fingerprint density at radius 1 is 1.56 bits per heavy atom. The van der Waals surface area contributed by atoms with Crippen LogP contribution in [0.5, 0.6) is 0 Å². The third-order valence-electron chi connectivity index (χ3n) is 3.33. The van der Waals surface area contributed by atoms with Crippen molar-refractivity contribution in [2.45, 2.75) is 19.1 Å². The third kappa shape index (κ3) is 2.87. The number of benzene rings is 1. The van der Waals surface area contributed by atoms with Crippen molar-refractivity contribution >= 4 is 0 Å². The average Bonchev–Trinajstić information content (AvgIpc) is 2.35. The van der Waals surface area contributed by atoms with Crippen LogP contribution >= 0.6 is 0 Å². The zero-order valence-corrected chi connectivity index (χ0v) is 10.8. The zero-order valence-electron chi connectivity index (χ0n) is 10.8. The monoisotopic (exact) mass is 253 g/mol. The van der Waals surface area contributed by atoms with Gasteiger partial charge in [-0.1, -0.05) is 17.7 Å². The fraction of sp³-hybridized carbons (Fsp3) is 0.538. The van der Waals surface area contributed by atoms with Crippen molar-refractivity contribution in [3.05, 3.63) is 35.1 Å². The van der Waals surface area contributed by atoms with Gasteiger partial charge in [-0.15, -0.1) is 0 Å². The molecule has 0 bridgehead atoms. The number of hydrazine groups is 1. The molecular weight excluding hydrogens is 233 g/mol. The van der Waals surface area contributed by atoms with Crippen molar-refractivity contribution in [1.29, 1.82) is 0 Å². The van der Waals surface area contributed by atoms with Crippen molar-refractivity contribution in [2.24, 2.45) is 5.84 Å². The van der Waals surface area contributed by atoms with Crippen LogP contribution in [0.1, 0.15) is 17.2 Å². The molecule has 1 aromatic rings. The summed E-state index contributed by atoms with van der Waals surface area (Å²) in [6.07, 6.45) is -0.134. The Kier molecular flexibility index (Phi) is 4.29. The van der Waals surface area contributed by atoms with Crippen LogP contribution < -0.4 is 11.3 Å². The normalized spacial score (nSPS) is 23.0. The van der Waals surface area contributed by atoms with Crippen molar-refractivity contribution in [1.82, 2.24) is 10.3 Å². The molecule has 1 heterocycles. The fourth-order valence-corrected chi connectivity index (χ4v) is 2.31. The first-order chi connectivity index (χ1) is 8.61. The number of ether oxygens (including phenoxy) is 1. The Morgan fingerprint density at radius 2 is 2.33 bits per heavy atom. The maximum atomic E-state index is 13.9. The summed E-state index contributed by atoms with van der Waals surface area (Å²) in [5.41, 5.74) is 4.26. The van der Waals surface area contributed by atoms with Gasteiger partial charge in [0.2, 0.25) is 0 Å². The first kappa shape index (κ1) is 13.4. The van der Waals surface area contributed by atoms with Gasteiger partial charge in [0.05, 0.1) is 18.8 Å². The summed E-state index contributed by atoms with van der Waals surface area (Å²) in [5.74, 6) is 5.34. The van der Waals surface area contributed by atoms with Crippen LogP contribution in [0.4, 0.5) is 4.39 Å². The van der Waals surface area contributed by atoms with E-state index < -0.39 is 0 Å². The summed E-state index contributed by atoms with van der Waals surface area (Å²) in [5, 5.41) is 0. The van der Waals surface area contributed by atoms with E-state index in [9.17, 15) is 4.39 Å². The molecule has 0 amide bonds. The second-order valence-electron chi connectivity index (χ2n) is 4.84. The SMILES string of the molecule is Cc1ccc(F)c(C(NN)C2CN(C)CCO2)c1. The number of morpholine rings is 1. The van der Waals surface area contributed by atoms with Gasteiger partial charge in [0, 0.05) is 18.7 Å². The largest absolute Gasteiger partial charge is 0.374 e. The first-order valence-corrected chi connectivity index (χ1v) is 6.14. The van der Waals surface area contributed by atoms with Gasteiger partial charge < -0.3 is 9.64 Å². The number of hydrogen-bond donors (Lipinski definition) is 2. The molecule has 4 nitrogen and oxygen atoms in total. The fourth-order valence-electron chi connectivity index (χ4n) is 2.31. The second-order valence-corrected chi connectivity index (χ2v) is 4.84. The number of nitrogens with two attached hydrogens (primary N) is 1. The molecule has 1 saturated heterocycles. The molecular formula is C13H20FN3O. The van der Waals surface area contributed by atoms with Gasteiger partial charge in [-0.05, 0) is 20.0 Å². The third-order valence-corrected chi connectivity index (χ3v) is 3.33. The summed E-state index contributed by atoms with van der Waals surface area (Å²) in [4.78, 5) is 2.16. The van der Waals surface area contributed by atoms with E-state index in [1.165, 1.54) is 6.07 Å². The van der Waals surface area contributed by atoms with Crippen LogP contribution in [-0.2, 0) is 4.74 Å². The van der Waals surface area contributed by atoms with E-state index in [0.29, 0.717) is 12.2 Å². The maximum Gasteiger partial charge on any atom is 0.128 e. The molecule has 3 N–H and O–H groups in total. The summed E-state index contributed by atoms with van der Waals surface area (Å²) in [6, 6.07) is 4.72. The van der Waals surface area contributed by atoms with Crippen LogP contribution in [0.15, 0.2) is 18.2 Å². The Balaban J connectivity index is 2.24. The molecule has 0 saturated carbocycles. The number of likely N-dealkylation sites (N-methyl/N-ethyl adjacent to an activating group) is 1. The Morgan fingerprint density at radius 3 is 3.00 bits per heavy atom. The maximum absolute atomic E-state index is 13.9. The molecule has 0 aliphatic carbocycles. The van der Waals surface area contributed by atoms with E-state index >= 15 is 0 Å². The van der Waals surface area contributed by atoms with Crippen LogP contribution in [-0.4, -0.2) is 37.7 Å². The van der Waals surface area contributed by atoms with Crippen molar-refractivity contribution in [3.63, 3.8) is 0 Å². The van der Waals surface area contributed by atoms with E-state index in [-0.39, 0.29) is 18.0 Å². The highest BCUT2D eigenvalue weighted by Gasteiger charge is 2.29. The number of rotatable bonds is 3. The molecule has 2 rings (SSSR count). The zero-order chi connectivity index (χ0) is 13.1. The Bertz CT molecular complexity index is 413. The lowest BCUT2D eigenvalue weighted by Gasteiger charge is -2.35. The number of halogens is 1. The van der Waals surface area contributed by atoms with Gasteiger partial charge in [-0.2, -0.15) is 0 Å². The van der Waals surface area contributed by atoms with Gasteiger partial charge in [-0.25, -0.2) is 4.39 Å². The molecule has 18 heavy (non-hydrogen) atoms.